The molecule has 2 aliphatic rings. The van der Waals surface area contributed by atoms with E-state index in [4.69, 9.17) is 0 Å². The largest absolute Gasteiger partial charge is 0.416 e. The molecule has 1 atom stereocenters. The summed E-state index contributed by atoms with van der Waals surface area (Å²) in [5.74, 6) is 1.63. The Morgan fingerprint density at radius 2 is 1.52 bits per heavy atom. The normalized spacial score (nSPS) is 29.2. The molecule has 1 saturated carbocycles. The molecule has 0 amide bonds. The van der Waals surface area contributed by atoms with Gasteiger partial charge in [0.1, 0.15) is 0 Å². The predicted octanol–water partition coefficient (Wildman–Crippen LogP) is 6.88. The Morgan fingerprint density at radius 1 is 0.870 bits per heavy atom. The van der Waals surface area contributed by atoms with Crippen molar-refractivity contribution < 1.29 is 13.2 Å². The van der Waals surface area contributed by atoms with Gasteiger partial charge in [-0.1, -0.05) is 40.8 Å². The summed E-state index contributed by atoms with van der Waals surface area (Å²) in [4.78, 5) is 0. The first-order valence-corrected chi connectivity index (χ1v) is 9.69. The highest BCUT2D eigenvalue weighted by molar-refractivity contribution is 14.1. The van der Waals surface area contributed by atoms with Crippen LogP contribution in [-0.2, 0) is 6.18 Å². The molecule has 1 aromatic rings. The average molecular weight is 434 g/mol. The van der Waals surface area contributed by atoms with E-state index in [9.17, 15) is 13.2 Å². The Bertz CT molecular complexity index is 551. The SMILES string of the molecule is FC(F)(F)c1ccc(C2=CCC(C3CCC(I)CC3)CC2)cc1. The lowest BCUT2D eigenvalue weighted by Crippen LogP contribution is -2.23. The molecule has 0 aromatic heterocycles. The van der Waals surface area contributed by atoms with Crippen molar-refractivity contribution in [2.45, 2.75) is 55.0 Å². The van der Waals surface area contributed by atoms with E-state index in [0.29, 0.717) is 0 Å². The Hall–Kier alpha value is -0.520. The molecule has 23 heavy (non-hydrogen) atoms. The van der Waals surface area contributed by atoms with E-state index >= 15 is 0 Å². The summed E-state index contributed by atoms with van der Waals surface area (Å²) in [6, 6.07) is 5.64. The van der Waals surface area contributed by atoms with E-state index in [1.54, 1.807) is 12.1 Å². The first-order valence-electron chi connectivity index (χ1n) is 8.44. The number of allylic oxidation sites excluding steroid dienone is 2. The van der Waals surface area contributed by atoms with Crippen LogP contribution in [0.15, 0.2) is 30.3 Å². The molecule has 0 aliphatic heterocycles. The van der Waals surface area contributed by atoms with E-state index in [-0.39, 0.29) is 0 Å². The van der Waals surface area contributed by atoms with Gasteiger partial charge in [0.15, 0.2) is 0 Å². The molecule has 0 N–H and O–H groups in total. The molecule has 0 spiro atoms. The molecule has 1 aromatic carbocycles. The number of hydrogen-bond donors (Lipinski definition) is 0. The Balaban J connectivity index is 1.62. The van der Waals surface area contributed by atoms with E-state index in [0.717, 1.165) is 34.2 Å². The second kappa shape index (κ2) is 7.16. The van der Waals surface area contributed by atoms with Crippen LogP contribution < -0.4 is 0 Å². The zero-order valence-corrected chi connectivity index (χ0v) is 15.2. The fourth-order valence-corrected chi connectivity index (χ4v) is 4.69. The number of halogens is 4. The summed E-state index contributed by atoms with van der Waals surface area (Å²) in [5, 5.41) is 0. The first kappa shape index (κ1) is 17.3. The zero-order chi connectivity index (χ0) is 16.4. The first-order chi connectivity index (χ1) is 10.9. The van der Waals surface area contributed by atoms with Crippen LogP contribution in [0, 0.1) is 11.8 Å². The maximum absolute atomic E-state index is 12.6. The van der Waals surface area contributed by atoms with Crippen molar-refractivity contribution in [1.82, 2.24) is 0 Å². The molecular formula is C19H22F3I. The maximum Gasteiger partial charge on any atom is 0.416 e. The molecule has 4 heteroatoms. The molecule has 1 unspecified atom stereocenters. The minimum absolute atomic E-state index is 0.564. The van der Waals surface area contributed by atoms with Crippen LogP contribution in [0.2, 0.25) is 0 Å². The number of rotatable bonds is 2. The van der Waals surface area contributed by atoms with Crippen molar-refractivity contribution in [3.63, 3.8) is 0 Å². The minimum atomic E-state index is -4.25. The second-order valence-corrected chi connectivity index (χ2v) is 8.61. The van der Waals surface area contributed by atoms with Gasteiger partial charge in [-0.2, -0.15) is 13.2 Å². The molecule has 0 saturated heterocycles. The van der Waals surface area contributed by atoms with Crippen molar-refractivity contribution in [3.8, 4) is 0 Å². The third kappa shape index (κ3) is 4.31. The van der Waals surface area contributed by atoms with Crippen molar-refractivity contribution in [1.29, 1.82) is 0 Å². The van der Waals surface area contributed by atoms with Crippen LogP contribution in [0.25, 0.3) is 5.57 Å². The topological polar surface area (TPSA) is 0 Å². The molecule has 3 rings (SSSR count). The standard InChI is InChI=1S/C19H22F3I/c20-19(21,22)17-9-5-15(6-10-17)13-1-3-14(4-2-13)16-7-11-18(23)12-8-16/h1,5-6,9-10,14,16,18H,2-4,7-8,11-12H2. The van der Waals surface area contributed by atoms with Gasteiger partial charge in [-0.15, -0.1) is 0 Å². The fourth-order valence-electron chi connectivity index (χ4n) is 3.97. The van der Waals surface area contributed by atoms with Crippen LogP contribution >= 0.6 is 22.6 Å². The van der Waals surface area contributed by atoms with Crippen molar-refractivity contribution in [2.24, 2.45) is 11.8 Å². The smallest absolute Gasteiger partial charge is 0.166 e. The van der Waals surface area contributed by atoms with E-state index in [2.05, 4.69) is 28.7 Å². The van der Waals surface area contributed by atoms with E-state index in [1.165, 1.54) is 49.8 Å². The van der Waals surface area contributed by atoms with Gasteiger partial charge in [0.25, 0.3) is 0 Å². The molecule has 0 heterocycles. The molecule has 2 aliphatic carbocycles. The summed E-state index contributed by atoms with van der Waals surface area (Å²) in [6.07, 6.45) is 6.68. The van der Waals surface area contributed by atoms with Gasteiger partial charge in [-0.25, -0.2) is 0 Å². The molecule has 1 fully saturated rings. The van der Waals surface area contributed by atoms with E-state index in [1.807, 2.05) is 0 Å². The van der Waals surface area contributed by atoms with Crippen molar-refractivity contribution in [2.75, 3.05) is 0 Å². The van der Waals surface area contributed by atoms with Gasteiger partial charge in [-0.3, -0.25) is 0 Å². The maximum atomic E-state index is 12.6. The predicted molar refractivity (Wildman–Crippen MR) is 96.5 cm³/mol. The highest BCUT2D eigenvalue weighted by Crippen LogP contribution is 2.41. The van der Waals surface area contributed by atoms with Gasteiger partial charge in [0, 0.05) is 3.92 Å². The van der Waals surface area contributed by atoms with Crippen LogP contribution in [0.1, 0.15) is 56.1 Å². The lowest BCUT2D eigenvalue weighted by Gasteiger charge is -2.34. The second-order valence-electron chi connectivity index (χ2n) is 6.85. The highest BCUT2D eigenvalue weighted by Gasteiger charge is 2.31. The Labute approximate surface area is 149 Å². The number of alkyl halides is 4. The Kier molecular flexibility index (Phi) is 5.39. The van der Waals surface area contributed by atoms with Crippen LogP contribution in [0.5, 0.6) is 0 Å². The fraction of sp³-hybridized carbons (Fsp3) is 0.579. The highest BCUT2D eigenvalue weighted by atomic mass is 127. The molecule has 0 radical (unpaired) electrons. The lowest BCUT2D eigenvalue weighted by atomic mass is 9.73. The van der Waals surface area contributed by atoms with Gasteiger partial charge < -0.3 is 0 Å². The summed E-state index contributed by atoms with van der Waals surface area (Å²) in [6.45, 7) is 0. The van der Waals surface area contributed by atoms with Crippen LogP contribution in [0.3, 0.4) is 0 Å². The Morgan fingerprint density at radius 3 is 2.04 bits per heavy atom. The third-order valence-corrected chi connectivity index (χ3v) is 6.65. The monoisotopic (exact) mass is 434 g/mol. The van der Waals surface area contributed by atoms with Gasteiger partial charge in [0.05, 0.1) is 5.56 Å². The molecule has 0 nitrogen and oxygen atoms in total. The summed E-state index contributed by atoms with van der Waals surface area (Å²) >= 11 is 2.56. The van der Waals surface area contributed by atoms with Crippen molar-refractivity contribution >= 4 is 28.2 Å². The summed E-state index contributed by atoms with van der Waals surface area (Å²) < 4.78 is 38.7. The minimum Gasteiger partial charge on any atom is -0.166 e. The average Bonchev–Trinajstić information content (AvgIpc) is 2.55. The zero-order valence-electron chi connectivity index (χ0n) is 13.1. The number of benzene rings is 1. The van der Waals surface area contributed by atoms with Crippen LogP contribution in [-0.4, -0.2) is 3.92 Å². The quantitative estimate of drug-likeness (QED) is 0.352. The number of hydrogen-bond acceptors (Lipinski definition) is 0. The van der Waals surface area contributed by atoms with Gasteiger partial charge >= 0.3 is 6.18 Å². The molecule has 0 bridgehead atoms. The van der Waals surface area contributed by atoms with Gasteiger partial charge in [0.2, 0.25) is 0 Å². The van der Waals surface area contributed by atoms with Crippen molar-refractivity contribution in [3.05, 3.63) is 41.5 Å². The lowest BCUT2D eigenvalue weighted by molar-refractivity contribution is -0.137. The summed E-state index contributed by atoms with van der Waals surface area (Å²) in [5.41, 5.74) is 1.61. The van der Waals surface area contributed by atoms with Crippen LogP contribution in [0.4, 0.5) is 13.2 Å². The summed E-state index contributed by atoms with van der Waals surface area (Å²) in [7, 11) is 0. The third-order valence-electron chi connectivity index (χ3n) is 5.40. The van der Waals surface area contributed by atoms with E-state index < -0.39 is 11.7 Å². The van der Waals surface area contributed by atoms with Gasteiger partial charge in [-0.05, 0) is 80.1 Å². The molecular weight excluding hydrogens is 412 g/mol. The molecule has 126 valence electrons.